The van der Waals surface area contributed by atoms with Crippen LogP contribution in [0.25, 0.3) is 10.2 Å². The molecule has 2 aromatic heterocycles. The molecule has 124 valence electrons. The lowest BCUT2D eigenvalue weighted by molar-refractivity contribution is -0.118. The van der Waals surface area contributed by atoms with Gasteiger partial charge in [0.2, 0.25) is 11.0 Å². The molecule has 0 fully saturated rings. The number of nitrogens with one attached hydrogen (secondary N) is 2. The van der Waals surface area contributed by atoms with Gasteiger partial charge in [0.25, 0.3) is 5.91 Å². The van der Waals surface area contributed by atoms with Crippen LogP contribution in [0, 0.1) is 0 Å². The molecule has 0 aliphatic rings. The Kier molecular flexibility index (Phi) is 5.38. The van der Waals surface area contributed by atoms with E-state index in [-0.39, 0.29) is 17.6 Å². The summed E-state index contributed by atoms with van der Waals surface area (Å²) in [5, 5.41) is 14.0. The molecule has 0 aliphatic carbocycles. The molecule has 1 aromatic carbocycles. The van der Waals surface area contributed by atoms with Gasteiger partial charge >= 0.3 is 0 Å². The molecular weight excluding hydrogens is 366 g/mol. The molecule has 0 radical (unpaired) electrons. The standard InChI is InChI=1S/C14H13N5O2S3/c1-2-15-10(20)7-22-14-19-18-13(24-14)17-11(21)12-16-8-5-3-4-6-9(8)23-12/h3-6H,2,7H2,1H3,(H,15,20)(H,17,18,21). The van der Waals surface area contributed by atoms with E-state index >= 15 is 0 Å². The van der Waals surface area contributed by atoms with Crippen molar-refractivity contribution in [2.24, 2.45) is 0 Å². The Morgan fingerprint density at radius 2 is 2.04 bits per heavy atom. The van der Waals surface area contributed by atoms with E-state index in [1.807, 2.05) is 31.2 Å². The number of hydrogen-bond donors (Lipinski definition) is 2. The Bertz CT molecular complexity index is 843. The molecule has 3 aromatic rings. The lowest BCUT2D eigenvalue weighted by atomic mass is 10.3. The van der Waals surface area contributed by atoms with Crippen molar-refractivity contribution in [3.63, 3.8) is 0 Å². The maximum atomic E-state index is 12.2. The van der Waals surface area contributed by atoms with Crippen LogP contribution in [-0.4, -0.2) is 39.3 Å². The molecule has 0 aliphatic heterocycles. The predicted molar refractivity (Wildman–Crippen MR) is 96.9 cm³/mol. The van der Waals surface area contributed by atoms with Crippen LogP contribution < -0.4 is 10.6 Å². The highest BCUT2D eigenvalue weighted by Gasteiger charge is 2.15. The van der Waals surface area contributed by atoms with Crippen LogP contribution in [-0.2, 0) is 4.79 Å². The van der Waals surface area contributed by atoms with E-state index in [0.717, 1.165) is 10.2 Å². The van der Waals surface area contributed by atoms with E-state index in [9.17, 15) is 9.59 Å². The van der Waals surface area contributed by atoms with Crippen molar-refractivity contribution in [2.75, 3.05) is 17.6 Å². The zero-order valence-corrected chi connectivity index (χ0v) is 15.1. The van der Waals surface area contributed by atoms with Gasteiger partial charge in [-0.3, -0.25) is 14.9 Å². The summed E-state index contributed by atoms with van der Waals surface area (Å²) in [4.78, 5) is 28.0. The summed E-state index contributed by atoms with van der Waals surface area (Å²) in [5.41, 5.74) is 0.795. The molecule has 2 amide bonds. The smallest absolute Gasteiger partial charge is 0.286 e. The minimum absolute atomic E-state index is 0.0576. The largest absolute Gasteiger partial charge is 0.356 e. The molecule has 0 saturated heterocycles. The van der Waals surface area contributed by atoms with Crippen molar-refractivity contribution in [3.05, 3.63) is 29.3 Å². The number of carbonyl (C=O) groups excluding carboxylic acids is 2. The van der Waals surface area contributed by atoms with Crippen LogP contribution in [0.5, 0.6) is 0 Å². The third kappa shape index (κ3) is 4.08. The first-order valence-corrected chi connectivity index (χ1v) is 9.67. The first kappa shape index (κ1) is 16.8. The number of thioether (sulfide) groups is 1. The Morgan fingerprint density at radius 1 is 1.21 bits per heavy atom. The highest BCUT2D eigenvalue weighted by molar-refractivity contribution is 8.01. The summed E-state index contributed by atoms with van der Waals surface area (Å²) in [5.74, 6) is -0.0979. The van der Waals surface area contributed by atoms with Crippen LogP contribution >= 0.6 is 34.4 Å². The summed E-state index contributed by atoms with van der Waals surface area (Å²) >= 11 is 3.84. The van der Waals surface area contributed by atoms with Gasteiger partial charge in [0.1, 0.15) is 0 Å². The van der Waals surface area contributed by atoms with Crippen LogP contribution in [0.1, 0.15) is 16.7 Å². The normalized spacial score (nSPS) is 10.7. The number of nitrogens with zero attached hydrogens (tertiary/aromatic N) is 3. The van der Waals surface area contributed by atoms with E-state index in [0.29, 0.717) is 21.0 Å². The SMILES string of the molecule is CCNC(=O)CSc1nnc(NC(=O)c2nc3ccccc3s2)s1. The number of anilines is 1. The lowest BCUT2D eigenvalue weighted by Gasteiger charge is -1.98. The average Bonchev–Trinajstić information content (AvgIpc) is 3.19. The van der Waals surface area contributed by atoms with Crippen molar-refractivity contribution in [3.8, 4) is 0 Å². The summed E-state index contributed by atoms with van der Waals surface area (Å²) in [6.45, 7) is 2.46. The first-order valence-electron chi connectivity index (χ1n) is 7.05. The van der Waals surface area contributed by atoms with Gasteiger partial charge < -0.3 is 5.32 Å². The molecule has 2 N–H and O–H groups in total. The highest BCUT2D eigenvalue weighted by atomic mass is 32.2. The van der Waals surface area contributed by atoms with Gasteiger partial charge in [-0.1, -0.05) is 35.2 Å². The third-order valence-electron chi connectivity index (χ3n) is 2.82. The summed E-state index contributed by atoms with van der Waals surface area (Å²) in [6, 6.07) is 7.58. The molecule has 0 spiro atoms. The number of hydrogen-bond acceptors (Lipinski definition) is 8. The fraction of sp³-hybridized carbons (Fsp3) is 0.214. The van der Waals surface area contributed by atoms with Crippen molar-refractivity contribution in [1.82, 2.24) is 20.5 Å². The summed E-state index contributed by atoms with van der Waals surface area (Å²) in [7, 11) is 0. The molecule has 3 rings (SSSR count). The predicted octanol–water partition coefficient (Wildman–Crippen LogP) is 2.63. The molecule has 0 unspecified atom stereocenters. The van der Waals surface area contributed by atoms with E-state index < -0.39 is 0 Å². The molecule has 2 heterocycles. The quantitative estimate of drug-likeness (QED) is 0.505. The second-order valence-electron chi connectivity index (χ2n) is 4.56. The molecule has 7 nitrogen and oxygen atoms in total. The van der Waals surface area contributed by atoms with Crippen molar-refractivity contribution >= 4 is 61.6 Å². The molecule has 10 heteroatoms. The molecule has 24 heavy (non-hydrogen) atoms. The highest BCUT2D eigenvalue weighted by Crippen LogP contribution is 2.27. The molecule has 0 atom stereocenters. The molecule has 0 bridgehead atoms. The monoisotopic (exact) mass is 379 g/mol. The summed E-state index contributed by atoms with van der Waals surface area (Å²) < 4.78 is 1.58. The van der Waals surface area contributed by atoms with Gasteiger partial charge in [-0.2, -0.15) is 0 Å². The van der Waals surface area contributed by atoms with E-state index in [4.69, 9.17) is 0 Å². The maximum absolute atomic E-state index is 12.2. The van der Waals surface area contributed by atoms with Crippen molar-refractivity contribution in [1.29, 1.82) is 0 Å². The third-order valence-corrected chi connectivity index (χ3v) is 5.82. The number of fused-ring (bicyclic) bond motifs is 1. The van der Waals surface area contributed by atoms with Crippen molar-refractivity contribution < 1.29 is 9.59 Å². The number of thiazole rings is 1. The number of benzene rings is 1. The van der Waals surface area contributed by atoms with Crippen LogP contribution in [0.2, 0.25) is 0 Å². The Hall–Kier alpha value is -2.04. The van der Waals surface area contributed by atoms with E-state index in [1.54, 1.807) is 0 Å². The second kappa shape index (κ2) is 7.69. The zero-order valence-electron chi connectivity index (χ0n) is 12.6. The Labute approximate surface area is 149 Å². The van der Waals surface area contributed by atoms with Crippen molar-refractivity contribution in [2.45, 2.75) is 11.3 Å². The fourth-order valence-electron chi connectivity index (χ4n) is 1.81. The van der Waals surface area contributed by atoms with Gasteiger partial charge in [0.15, 0.2) is 9.35 Å². The van der Waals surface area contributed by atoms with Gasteiger partial charge in [-0.15, -0.1) is 21.5 Å². The average molecular weight is 379 g/mol. The van der Waals surface area contributed by atoms with Crippen LogP contribution in [0.3, 0.4) is 0 Å². The zero-order chi connectivity index (χ0) is 16.9. The molecule has 0 saturated carbocycles. The number of para-hydroxylation sites is 1. The van der Waals surface area contributed by atoms with Gasteiger partial charge in [0.05, 0.1) is 16.0 Å². The first-order chi connectivity index (χ1) is 11.7. The minimum Gasteiger partial charge on any atom is -0.356 e. The van der Waals surface area contributed by atoms with E-state index in [1.165, 1.54) is 34.4 Å². The number of amides is 2. The number of rotatable bonds is 6. The number of carbonyl (C=O) groups is 2. The topological polar surface area (TPSA) is 96.9 Å². The number of aromatic nitrogens is 3. The van der Waals surface area contributed by atoms with Gasteiger partial charge in [-0.05, 0) is 19.1 Å². The second-order valence-corrected chi connectivity index (χ2v) is 7.79. The Balaban J connectivity index is 1.61. The van der Waals surface area contributed by atoms with Crippen LogP contribution in [0.15, 0.2) is 28.6 Å². The Morgan fingerprint density at radius 3 is 2.83 bits per heavy atom. The summed E-state index contributed by atoms with van der Waals surface area (Å²) in [6.07, 6.45) is 0. The maximum Gasteiger partial charge on any atom is 0.286 e. The van der Waals surface area contributed by atoms with Gasteiger partial charge in [-0.25, -0.2) is 4.98 Å². The fourth-order valence-corrected chi connectivity index (χ4v) is 4.25. The molecular formula is C14H13N5O2S3. The van der Waals surface area contributed by atoms with Gasteiger partial charge in [0, 0.05) is 6.54 Å². The van der Waals surface area contributed by atoms with Crippen LogP contribution in [0.4, 0.5) is 5.13 Å². The lowest BCUT2D eigenvalue weighted by Crippen LogP contribution is -2.24. The van der Waals surface area contributed by atoms with E-state index in [2.05, 4.69) is 25.8 Å². The minimum atomic E-state index is -0.312.